The molecule has 96 valence electrons. The van der Waals surface area contributed by atoms with Crippen LogP contribution in [0.2, 0.25) is 5.02 Å². The van der Waals surface area contributed by atoms with Crippen LogP contribution in [0.25, 0.3) is 0 Å². The zero-order valence-corrected chi connectivity index (χ0v) is 11.1. The summed E-state index contributed by atoms with van der Waals surface area (Å²) in [5, 5.41) is 3.48. The largest absolute Gasteiger partial charge is 0.337 e. The number of halogens is 2. The Morgan fingerprint density at radius 1 is 1.50 bits per heavy atom. The van der Waals surface area contributed by atoms with Gasteiger partial charge in [-0.1, -0.05) is 17.7 Å². The Labute approximate surface area is 111 Å². The quantitative estimate of drug-likeness (QED) is 0.923. The van der Waals surface area contributed by atoms with Gasteiger partial charge in [0, 0.05) is 25.5 Å². The second-order valence-corrected chi connectivity index (χ2v) is 4.64. The number of benzene rings is 1. The fourth-order valence-corrected chi connectivity index (χ4v) is 1.90. The Morgan fingerprint density at radius 3 is 2.89 bits per heavy atom. The highest BCUT2D eigenvalue weighted by Crippen LogP contribution is 2.20. The molecule has 0 spiro atoms. The van der Waals surface area contributed by atoms with Crippen molar-refractivity contribution in [1.29, 1.82) is 0 Å². The maximum Gasteiger partial charge on any atom is 0.141 e. The van der Waals surface area contributed by atoms with Crippen LogP contribution in [0.1, 0.15) is 24.4 Å². The van der Waals surface area contributed by atoms with Gasteiger partial charge >= 0.3 is 0 Å². The van der Waals surface area contributed by atoms with E-state index in [1.165, 1.54) is 6.07 Å². The molecule has 0 aliphatic carbocycles. The number of hydrogen-bond donors (Lipinski definition) is 1. The topological polar surface area (TPSA) is 29.9 Å². The van der Waals surface area contributed by atoms with Crippen LogP contribution in [-0.4, -0.2) is 9.55 Å². The molecule has 1 atom stereocenters. The smallest absolute Gasteiger partial charge is 0.141 e. The van der Waals surface area contributed by atoms with Crippen LogP contribution in [0.3, 0.4) is 0 Å². The lowest BCUT2D eigenvalue weighted by molar-refractivity contribution is 0.547. The Morgan fingerprint density at radius 2 is 2.28 bits per heavy atom. The number of nitrogens with zero attached hydrogens (tertiary/aromatic N) is 2. The molecular weight excluding hydrogens is 253 g/mol. The summed E-state index contributed by atoms with van der Waals surface area (Å²) in [7, 11) is 1.95. The highest BCUT2D eigenvalue weighted by molar-refractivity contribution is 6.30. The molecule has 0 amide bonds. The van der Waals surface area contributed by atoms with Crippen molar-refractivity contribution in [2.24, 2.45) is 7.05 Å². The second kappa shape index (κ2) is 5.50. The molecule has 1 heterocycles. The van der Waals surface area contributed by atoms with Crippen LogP contribution < -0.4 is 5.32 Å². The summed E-state index contributed by atoms with van der Waals surface area (Å²) in [5.41, 5.74) is 0.954. The van der Waals surface area contributed by atoms with Crippen molar-refractivity contribution in [3.8, 4) is 0 Å². The van der Waals surface area contributed by atoms with Gasteiger partial charge in [0.25, 0.3) is 0 Å². The number of imidazole rings is 1. The van der Waals surface area contributed by atoms with Crippen LogP contribution in [0.15, 0.2) is 30.6 Å². The van der Waals surface area contributed by atoms with E-state index >= 15 is 0 Å². The predicted octanol–water partition coefficient (Wildman–Crippen LogP) is 3.06. The minimum atomic E-state index is -0.392. The molecule has 0 radical (unpaired) electrons. The van der Waals surface area contributed by atoms with Crippen molar-refractivity contribution in [3.05, 3.63) is 52.8 Å². The van der Waals surface area contributed by atoms with Gasteiger partial charge in [0.1, 0.15) is 11.6 Å². The fraction of sp³-hybridized carbons (Fsp3) is 0.308. The van der Waals surface area contributed by atoms with Gasteiger partial charge < -0.3 is 9.88 Å². The Balaban J connectivity index is 2.01. The SMILES string of the molecule is CC(NCc1nccn1C)c1ccc(F)c(Cl)c1. The first-order chi connectivity index (χ1) is 8.58. The summed E-state index contributed by atoms with van der Waals surface area (Å²) in [5.74, 6) is 0.562. The first-order valence-corrected chi connectivity index (χ1v) is 6.10. The minimum Gasteiger partial charge on any atom is -0.337 e. The zero-order valence-electron chi connectivity index (χ0n) is 10.3. The van der Waals surface area contributed by atoms with Crippen LogP contribution in [0, 0.1) is 5.82 Å². The third-order valence-corrected chi connectivity index (χ3v) is 3.22. The van der Waals surface area contributed by atoms with Crippen LogP contribution >= 0.6 is 11.6 Å². The lowest BCUT2D eigenvalue weighted by Crippen LogP contribution is -2.20. The van der Waals surface area contributed by atoms with E-state index in [0.29, 0.717) is 6.54 Å². The maximum absolute atomic E-state index is 13.1. The highest BCUT2D eigenvalue weighted by Gasteiger charge is 2.09. The van der Waals surface area contributed by atoms with Gasteiger partial charge in [-0.05, 0) is 24.6 Å². The summed E-state index contributed by atoms with van der Waals surface area (Å²) in [6.07, 6.45) is 3.66. The molecule has 1 aromatic heterocycles. The summed E-state index contributed by atoms with van der Waals surface area (Å²) in [6, 6.07) is 4.85. The molecule has 1 unspecified atom stereocenters. The Kier molecular flexibility index (Phi) is 3.99. The zero-order chi connectivity index (χ0) is 13.1. The van der Waals surface area contributed by atoms with Gasteiger partial charge in [-0.15, -0.1) is 0 Å². The van der Waals surface area contributed by atoms with E-state index < -0.39 is 5.82 Å². The monoisotopic (exact) mass is 267 g/mol. The Hall–Kier alpha value is -1.39. The van der Waals surface area contributed by atoms with E-state index in [0.717, 1.165) is 11.4 Å². The molecule has 1 N–H and O–H groups in total. The van der Waals surface area contributed by atoms with E-state index in [4.69, 9.17) is 11.6 Å². The molecule has 0 saturated heterocycles. The van der Waals surface area contributed by atoms with Crippen molar-refractivity contribution in [1.82, 2.24) is 14.9 Å². The average Bonchev–Trinajstić information content (AvgIpc) is 2.75. The predicted molar refractivity (Wildman–Crippen MR) is 69.9 cm³/mol. The van der Waals surface area contributed by atoms with Crippen molar-refractivity contribution in [3.63, 3.8) is 0 Å². The lowest BCUT2D eigenvalue weighted by Gasteiger charge is -2.14. The normalized spacial score (nSPS) is 12.7. The molecule has 2 aromatic rings. The van der Waals surface area contributed by atoms with Gasteiger partial charge in [-0.25, -0.2) is 9.37 Å². The highest BCUT2D eigenvalue weighted by atomic mass is 35.5. The summed E-state index contributed by atoms with van der Waals surface area (Å²) in [6.45, 7) is 2.66. The molecule has 0 bridgehead atoms. The molecule has 0 aliphatic rings. The van der Waals surface area contributed by atoms with Crippen molar-refractivity contribution in [2.75, 3.05) is 0 Å². The molecule has 1 aromatic carbocycles. The summed E-state index contributed by atoms with van der Waals surface area (Å²) in [4.78, 5) is 4.23. The maximum atomic E-state index is 13.1. The van der Waals surface area contributed by atoms with Gasteiger partial charge in [0.2, 0.25) is 0 Å². The first-order valence-electron chi connectivity index (χ1n) is 5.72. The molecule has 3 nitrogen and oxygen atoms in total. The fourth-order valence-electron chi connectivity index (χ4n) is 1.71. The van der Waals surface area contributed by atoms with Crippen molar-refractivity contribution in [2.45, 2.75) is 19.5 Å². The van der Waals surface area contributed by atoms with Crippen LogP contribution in [-0.2, 0) is 13.6 Å². The standard InChI is InChI=1S/C13H15ClFN3/c1-9(10-3-4-12(15)11(14)7-10)17-8-13-16-5-6-18(13)2/h3-7,9,17H,8H2,1-2H3. The molecule has 2 rings (SSSR count). The molecule has 0 saturated carbocycles. The minimum absolute atomic E-state index is 0.0831. The second-order valence-electron chi connectivity index (χ2n) is 4.23. The number of hydrogen-bond acceptors (Lipinski definition) is 2. The first kappa shape index (κ1) is 13.1. The van der Waals surface area contributed by atoms with E-state index in [1.807, 2.05) is 24.7 Å². The Bertz CT molecular complexity index is 539. The lowest BCUT2D eigenvalue weighted by atomic mass is 10.1. The van der Waals surface area contributed by atoms with Crippen LogP contribution in [0.4, 0.5) is 4.39 Å². The van der Waals surface area contributed by atoms with Gasteiger partial charge in [0.15, 0.2) is 0 Å². The van der Waals surface area contributed by atoms with Gasteiger partial charge in [-0.2, -0.15) is 0 Å². The van der Waals surface area contributed by atoms with Gasteiger partial charge in [0.05, 0.1) is 11.6 Å². The van der Waals surface area contributed by atoms with E-state index in [2.05, 4.69) is 10.3 Å². The number of nitrogens with one attached hydrogen (secondary N) is 1. The summed E-state index contributed by atoms with van der Waals surface area (Å²) >= 11 is 5.76. The number of rotatable bonds is 4. The average molecular weight is 268 g/mol. The van der Waals surface area contributed by atoms with Gasteiger partial charge in [-0.3, -0.25) is 0 Å². The van der Waals surface area contributed by atoms with E-state index in [1.54, 1.807) is 18.3 Å². The number of aromatic nitrogens is 2. The molecular formula is C13H15ClFN3. The van der Waals surface area contributed by atoms with E-state index in [9.17, 15) is 4.39 Å². The molecule has 18 heavy (non-hydrogen) atoms. The summed E-state index contributed by atoms with van der Waals surface area (Å²) < 4.78 is 15.0. The van der Waals surface area contributed by atoms with Crippen molar-refractivity contribution >= 4 is 11.6 Å². The molecule has 5 heteroatoms. The third kappa shape index (κ3) is 2.89. The third-order valence-electron chi connectivity index (χ3n) is 2.93. The number of aryl methyl sites for hydroxylation is 1. The van der Waals surface area contributed by atoms with Crippen molar-refractivity contribution < 1.29 is 4.39 Å². The van der Waals surface area contributed by atoms with Crippen LogP contribution in [0.5, 0.6) is 0 Å². The molecule has 0 aliphatic heterocycles. The van der Waals surface area contributed by atoms with E-state index in [-0.39, 0.29) is 11.1 Å². The molecule has 0 fully saturated rings.